The fourth-order valence-corrected chi connectivity index (χ4v) is 2.31. The summed E-state index contributed by atoms with van der Waals surface area (Å²) in [6.45, 7) is -0.476. The Labute approximate surface area is 97.6 Å². The highest BCUT2D eigenvalue weighted by Crippen LogP contribution is 2.22. The van der Waals surface area contributed by atoms with Gasteiger partial charge < -0.3 is 10.0 Å². The molecule has 6 nitrogen and oxygen atoms in total. The fourth-order valence-electron chi connectivity index (χ4n) is 1.63. The number of hydrogen-bond donors (Lipinski definition) is 1. The first-order chi connectivity index (χ1) is 7.77. The van der Waals surface area contributed by atoms with Crippen molar-refractivity contribution in [3.63, 3.8) is 0 Å². The zero-order valence-electron chi connectivity index (χ0n) is 8.67. The molecule has 1 aliphatic rings. The van der Waals surface area contributed by atoms with Gasteiger partial charge >= 0.3 is 16.2 Å². The van der Waals surface area contributed by atoms with E-state index < -0.39 is 46.4 Å². The van der Waals surface area contributed by atoms with Gasteiger partial charge in [0, 0.05) is 19.4 Å². The SMILES string of the molecule is C#CC[C@@H](C(=O)O)N1CC(S(=O)(=O)F)CC1=O. The second kappa shape index (κ2) is 4.71. The van der Waals surface area contributed by atoms with E-state index in [0.717, 1.165) is 4.90 Å². The molecule has 8 heteroatoms. The molecule has 1 unspecified atom stereocenters. The maximum absolute atomic E-state index is 12.7. The molecular weight excluding hydrogens is 253 g/mol. The van der Waals surface area contributed by atoms with Crippen LogP contribution in [0, 0.1) is 12.3 Å². The maximum Gasteiger partial charge on any atom is 0.327 e. The molecule has 0 spiro atoms. The predicted molar refractivity (Wildman–Crippen MR) is 55.0 cm³/mol. The van der Waals surface area contributed by atoms with E-state index in [0.29, 0.717) is 0 Å². The minimum atomic E-state index is -4.85. The van der Waals surface area contributed by atoms with Gasteiger partial charge in [0.15, 0.2) is 0 Å². The largest absolute Gasteiger partial charge is 0.480 e. The van der Waals surface area contributed by atoms with Gasteiger partial charge in [-0.2, -0.15) is 8.42 Å². The molecule has 0 saturated carbocycles. The normalized spacial score (nSPS) is 22.2. The summed E-state index contributed by atoms with van der Waals surface area (Å²) in [5, 5.41) is 7.33. The first-order valence-corrected chi connectivity index (χ1v) is 6.11. The fraction of sp³-hybridized carbons (Fsp3) is 0.556. The van der Waals surface area contributed by atoms with Crippen molar-refractivity contribution in [3.8, 4) is 12.3 Å². The Hall–Kier alpha value is -1.62. The zero-order chi connectivity index (χ0) is 13.2. The van der Waals surface area contributed by atoms with Crippen LogP contribution in [0.25, 0.3) is 0 Å². The Kier molecular flexibility index (Phi) is 3.72. The highest BCUT2D eigenvalue weighted by atomic mass is 32.3. The number of nitrogens with zero attached hydrogens (tertiary/aromatic N) is 1. The van der Waals surface area contributed by atoms with Gasteiger partial charge in [0.05, 0.1) is 0 Å². The van der Waals surface area contributed by atoms with Crippen LogP contribution in [-0.4, -0.2) is 48.1 Å². The van der Waals surface area contributed by atoms with Crippen LogP contribution in [-0.2, 0) is 19.8 Å². The monoisotopic (exact) mass is 263 g/mol. The summed E-state index contributed by atoms with van der Waals surface area (Å²) in [7, 11) is -4.85. The number of aliphatic carboxylic acids is 1. The van der Waals surface area contributed by atoms with Gasteiger partial charge in [0.2, 0.25) is 5.91 Å². The third kappa shape index (κ3) is 2.94. The average Bonchev–Trinajstić information content (AvgIpc) is 2.55. The molecule has 0 aliphatic carbocycles. The van der Waals surface area contributed by atoms with E-state index >= 15 is 0 Å². The topological polar surface area (TPSA) is 91.8 Å². The van der Waals surface area contributed by atoms with Gasteiger partial charge in [-0.15, -0.1) is 16.2 Å². The zero-order valence-corrected chi connectivity index (χ0v) is 9.48. The van der Waals surface area contributed by atoms with Crippen molar-refractivity contribution < 1.29 is 27.0 Å². The molecule has 1 rings (SSSR count). The second-order valence-electron chi connectivity index (χ2n) is 3.61. The minimum absolute atomic E-state index is 0.250. The molecule has 0 radical (unpaired) electrons. The molecule has 1 aliphatic heterocycles. The number of carboxylic acids is 1. The summed E-state index contributed by atoms with van der Waals surface area (Å²) in [6.07, 6.45) is 4.16. The first-order valence-electron chi connectivity index (χ1n) is 4.66. The van der Waals surface area contributed by atoms with Crippen LogP contribution < -0.4 is 0 Å². The second-order valence-corrected chi connectivity index (χ2v) is 5.23. The molecule has 1 amide bonds. The van der Waals surface area contributed by atoms with Crippen molar-refractivity contribution in [2.24, 2.45) is 0 Å². The lowest BCUT2D eigenvalue weighted by Crippen LogP contribution is -2.42. The molecule has 94 valence electrons. The lowest BCUT2D eigenvalue weighted by molar-refractivity contribution is -0.148. The summed E-state index contributed by atoms with van der Waals surface area (Å²) in [5.41, 5.74) is 0. The molecule has 1 saturated heterocycles. The molecule has 1 heterocycles. The third-order valence-electron chi connectivity index (χ3n) is 2.49. The van der Waals surface area contributed by atoms with Crippen LogP contribution in [0.5, 0.6) is 0 Å². The third-order valence-corrected chi connectivity index (χ3v) is 3.61. The lowest BCUT2D eigenvalue weighted by Gasteiger charge is -2.22. The number of rotatable bonds is 4. The van der Waals surface area contributed by atoms with Crippen molar-refractivity contribution in [1.82, 2.24) is 4.90 Å². The standard InChI is InChI=1S/C9H10FNO5S/c1-2-3-7(9(13)14)11-5-6(4-8(11)12)17(10,15)16/h1,6-7H,3-5H2,(H,13,14)/t6?,7-/m0/s1. The summed E-state index contributed by atoms with van der Waals surface area (Å²) in [4.78, 5) is 23.1. The van der Waals surface area contributed by atoms with Crippen LogP contribution in [0.2, 0.25) is 0 Å². The number of terminal acetylenes is 1. The number of amides is 1. The van der Waals surface area contributed by atoms with E-state index in [4.69, 9.17) is 11.5 Å². The summed E-state index contributed by atoms with van der Waals surface area (Å²) >= 11 is 0. The quantitative estimate of drug-likeness (QED) is 0.538. The van der Waals surface area contributed by atoms with Crippen LogP contribution in [0.3, 0.4) is 0 Å². The number of carbonyl (C=O) groups is 2. The number of carboxylic acid groups (broad SMARTS) is 1. The van der Waals surface area contributed by atoms with Gasteiger partial charge in [-0.3, -0.25) is 4.79 Å². The Balaban J connectivity index is 2.90. The first kappa shape index (κ1) is 13.4. The highest BCUT2D eigenvalue weighted by molar-refractivity contribution is 7.87. The van der Waals surface area contributed by atoms with Crippen LogP contribution in [0.15, 0.2) is 0 Å². The van der Waals surface area contributed by atoms with Crippen LogP contribution in [0.4, 0.5) is 3.89 Å². The van der Waals surface area contributed by atoms with Crippen molar-refractivity contribution >= 4 is 22.1 Å². The lowest BCUT2D eigenvalue weighted by atomic mass is 10.2. The molecule has 0 aromatic rings. The van der Waals surface area contributed by atoms with Gasteiger partial charge in [-0.25, -0.2) is 4.79 Å². The molecular formula is C9H10FNO5S. The van der Waals surface area contributed by atoms with Crippen molar-refractivity contribution in [1.29, 1.82) is 0 Å². The molecule has 0 aromatic carbocycles. The highest BCUT2D eigenvalue weighted by Gasteiger charge is 2.42. The predicted octanol–water partition coefficient (Wildman–Crippen LogP) is -0.637. The summed E-state index contributed by atoms with van der Waals surface area (Å²) in [6, 6.07) is -1.31. The number of likely N-dealkylation sites (tertiary alicyclic amines) is 1. The number of carbonyl (C=O) groups excluding carboxylic acids is 1. The summed E-state index contributed by atoms with van der Waals surface area (Å²) in [5.74, 6) is 0.0193. The number of halogens is 1. The number of hydrogen-bond acceptors (Lipinski definition) is 4. The molecule has 17 heavy (non-hydrogen) atoms. The van der Waals surface area contributed by atoms with Crippen LogP contribution >= 0.6 is 0 Å². The molecule has 0 aromatic heterocycles. The van der Waals surface area contributed by atoms with E-state index in [9.17, 15) is 21.9 Å². The minimum Gasteiger partial charge on any atom is -0.480 e. The smallest absolute Gasteiger partial charge is 0.327 e. The van der Waals surface area contributed by atoms with Crippen molar-refractivity contribution in [3.05, 3.63) is 0 Å². The Bertz CT molecular complexity index is 480. The Morgan fingerprint density at radius 3 is 2.65 bits per heavy atom. The van der Waals surface area contributed by atoms with Crippen LogP contribution in [0.1, 0.15) is 12.8 Å². The van der Waals surface area contributed by atoms with Gasteiger partial charge in [0.25, 0.3) is 0 Å². The van der Waals surface area contributed by atoms with E-state index in [1.165, 1.54) is 0 Å². The summed E-state index contributed by atoms with van der Waals surface area (Å²) < 4.78 is 34.0. The molecule has 2 atom stereocenters. The van der Waals surface area contributed by atoms with Gasteiger partial charge in [-0.05, 0) is 0 Å². The van der Waals surface area contributed by atoms with Crippen molar-refractivity contribution in [2.75, 3.05) is 6.54 Å². The van der Waals surface area contributed by atoms with Gasteiger partial charge in [0.1, 0.15) is 11.3 Å². The average molecular weight is 263 g/mol. The van der Waals surface area contributed by atoms with E-state index in [2.05, 4.69) is 5.92 Å². The van der Waals surface area contributed by atoms with E-state index in [1.54, 1.807) is 0 Å². The molecule has 1 fully saturated rings. The molecule has 1 N–H and O–H groups in total. The molecule has 0 bridgehead atoms. The van der Waals surface area contributed by atoms with Crippen molar-refractivity contribution in [2.45, 2.75) is 24.1 Å². The van der Waals surface area contributed by atoms with E-state index in [1.807, 2.05) is 0 Å². The van der Waals surface area contributed by atoms with E-state index in [-0.39, 0.29) is 6.42 Å². The maximum atomic E-state index is 12.7. The Morgan fingerprint density at radius 1 is 1.71 bits per heavy atom. The Morgan fingerprint density at radius 2 is 2.29 bits per heavy atom. The van der Waals surface area contributed by atoms with Gasteiger partial charge in [-0.1, -0.05) is 0 Å².